The van der Waals surface area contributed by atoms with Gasteiger partial charge in [0.05, 0.1) is 4.91 Å². The van der Waals surface area contributed by atoms with Crippen LogP contribution in [-0.4, -0.2) is 17.4 Å². The molecule has 0 saturated heterocycles. The van der Waals surface area contributed by atoms with E-state index in [-0.39, 0.29) is 5.03 Å². The van der Waals surface area contributed by atoms with E-state index in [1.165, 1.54) is 11.8 Å². The SMILES string of the molecule is O=C1O[C@H](O)C(SCc2ccccc2)=C1Cl. The average molecular weight is 257 g/mol. The van der Waals surface area contributed by atoms with Crippen LogP contribution in [0.15, 0.2) is 40.3 Å². The molecule has 0 amide bonds. The summed E-state index contributed by atoms with van der Waals surface area (Å²) in [6.45, 7) is 0. The van der Waals surface area contributed by atoms with Gasteiger partial charge in [-0.25, -0.2) is 4.79 Å². The smallest absolute Gasteiger partial charge is 0.353 e. The van der Waals surface area contributed by atoms with Gasteiger partial charge in [-0.05, 0) is 5.56 Å². The molecule has 3 nitrogen and oxygen atoms in total. The molecule has 2 rings (SSSR count). The van der Waals surface area contributed by atoms with Gasteiger partial charge >= 0.3 is 5.97 Å². The van der Waals surface area contributed by atoms with Crippen LogP contribution in [0.4, 0.5) is 0 Å². The maximum Gasteiger partial charge on any atom is 0.353 e. The number of aliphatic hydroxyl groups is 1. The minimum Gasteiger partial charge on any atom is -0.427 e. The van der Waals surface area contributed by atoms with Crippen molar-refractivity contribution < 1.29 is 14.6 Å². The molecule has 0 radical (unpaired) electrons. The molecule has 0 bridgehead atoms. The van der Waals surface area contributed by atoms with Gasteiger partial charge in [-0.3, -0.25) is 0 Å². The Morgan fingerprint density at radius 3 is 2.62 bits per heavy atom. The third-order valence-corrected chi connectivity index (χ3v) is 3.74. The van der Waals surface area contributed by atoms with E-state index in [4.69, 9.17) is 11.6 Å². The number of hydrogen-bond acceptors (Lipinski definition) is 4. The number of rotatable bonds is 3. The summed E-state index contributed by atoms with van der Waals surface area (Å²) in [5.41, 5.74) is 1.09. The third kappa shape index (κ3) is 2.40. The molecule has 0 fully saturated rings. The molecule has 0 unspecified atom stereocenters. The summed E-state index contributed by atoms with van der Waals surface area (Å²) in [5, 5.41) is 9.38. The van der Waals surface area contributed by atoms with Gasteiger partial charge in [0.15, 0.2) is 0 Å². The molecule has 1 aliphatic rings. The van der Waals surface area contributed by atoms with Gasteiger partial charge in [0.2, 0.25) is 6.29 Å². The highest BCUT2D eigenvalue weighted by molar-refractivity contribution is 8.02. The van der Waals surface area contributed by atoms with E-state index in [1.807, 2.05) is 30.3 Å². The van der Waals surface area contributed by atoms with E-state index in [2.05, 4.69) is 4.74 Å². The van der Waals surface area contributed by atoms with Crippen LogP contribution < -0.4 is 0 Å². The van der Waals surface area contributed by atoms with Crippen LogP contribution in [0, 0.1) is 0 Å². The molecule has 0 spiro atoms. The number of aliphatic hydroxyl groups excluding tert-OH is 1. The Labute approximate surface area is 102 Å². The maximum atomic E-state index is 11.0. The van der Waals surface area contributed by atoms with Crippen LogP contribution in [0.1, 0.15) is 5.56 Å². The number of cyclic esters (lactones) is 1. The fourth-order valence-corrected chi connectivity index (χ4v) is 2.50. The van der Waals surface area contributed by atoms with Crippen molar-refractivity contribution in [2.75, 3.05) is 0 Å². The zero-order chi connectivity index (χ0) is 11.5. The lowest BCUT2D eigenvalue weighted by atomic mass is 10.2. The fourth-order valence-electron chi connectivity index (χ4n) is 1.29. The number of esters is 1. The van der Waals surface area contributed by atoms with Gasteiger partial charge in [0.1, 0.15) is 5.03 Å². The van der Waals surface area contributed by atoms with Crippen molar-refractivity contribution >= 4 is 29.3 Å². The van der Waals surface area contributed by atoms with E-state index in [1.54, 1.807) is 0 Å². The van der Waals surface area contributed by atoms with E-state index < -0.39 is 12.3 Å². The van der Waals surface area contributed by atoms with E-state index in [0.29, 0.717) is 10.7 Å². The molecule has 5 heteroatoms. The molecule has 1 aromatic carbocycles. The number of hydrogen-bond donors (Lipinski definition) is 1. The molecule has 1 N–H and O–H groups in total. The van der Waals surface area contributed by atoms with Crippen LogP contribution in [0.3, 0.4) is 0 Å². The second kappa shape index (κ2) is 4.91. The van der Waals surface area contributed by atoms with Crippen LogP contribution in [0.5, 0.6) is 0 Å². The van der Waals surface area contributed by atoms with Gasteiger partial charge in [-0.2, -0.15) is 0 Å². The Balaban J connectivity index is 2.04. The van der Waals surface area contributed by atoms with Crippen molar-refractivity contribution in [3.63, 3.8) is 0 Å². The summed E-state index contributed by atoms with van der Waals surface area (Å²) in [5.74, 6) is -0.0233. The summed E-state index contributed by atoms with van der Waals surface area (Å²) >= 11 is 7.02. The molecule has 1 aromatic rings. The molecule has 0 saturated carbocycles. The highest BCUT2D eigenvalue weighted by atomic mass is 35.5. The molecular formula is C11H9ClO3S. The van der Waals surface area contributed by atoms with Crippen molar-refractivity contribution in [3.05, 3.63) is 45.8 Å². The summed E-state index contributed by atoms with van der Waals surface area (Å²) < 4.78 is 4.56. The van der Waals surface area contributed by atoms with Crippen molar-refractivity contribution in [2.24, 2.45) is 0 Å². The molecule has 0 aromatic heterocycles. The van der Waals surface area contributed by atoms with Crippen molar-refractivity contribution in [1.82, 2.24) is 0 Å². The number of thioether (sulfide) groups is 1. The van der Waals surface area contributed by atoms with E-state index in [9.17, 15) is 9.90 Å². The fraction of sp³-hybridized carbons (Fsp3) is 0.182. The molecular weight excluding hydrogens is 248 g/mol. The number of ether oxygens (including phenoxy) is 1. The van der Waals surface area contributed by atoms with Gasteiger partial charge in [0.25, 0.3) is 0 Å². The largest absolute Gasteiger partial charge is 0.427 e. The van der Waals surface area contributed by atoms with Gasteiger partial charge in [0, 0.05) is 5.75 Å². The summed E-state index contributed by atoms with van der Waals surface area (Å²) in [6, 6.07) is 9.71. The first-order valence-corrected chi connectivity index (χ1v) is 6.00. The molecule has 1 aliphatic heterocycles. The molecule has 16 heavy (non-hydrogen) atoms. The van der Waals surface area contributed by atoms with Gasteiger partial charge in [-0.15, -0.1) is 11.8 Å². The Kier molecular flexibility index (Phi) is 3.53. The highest BCUT2D eigenvalue weighted by Gasteiger charge is 2.31. The lowest BCUT2D eigenvalue weighted by Crippen LogP contribution is -2.08. The van der Waals surface area contributed by atoms with Crippen LogP contribution in [0.2, 0.25) is 0 Å². The van der Waals surface area contributed by atoms with Gasteiger partial charge in [-0.1, -0.05) is 41.9 Å². The first-order valence-electron chi connectivity index (χ1n) is 4.64. The lowest BCUT2D eigenvalue weighted by molar-refractivity contribution is -0.150. The minimum absolute atomic E-state index is 0.0200. The third-order valence-electron chi connectivity index (χ3n) is 2.08. The lowest BCUT2D eigenvalue weighted by Gasteiger charge is -2.06. The normalized spacial score (nSPS) is 20.1. The number of benzene rings is 1. The summed E-state index contributed by atoms with van der Waals surface area (Å²) in [4.78, 5) is 11.4. The van der Waals surface area contributed by atoms with Gasteiger partial charge < -0.3 is 9.84 Å². The predicted octanol–water partition coefficient (Wildman–Crippen LogP) is 2.25. The van der Waals surface area contributed by atoms with E-state index in [0.717, 1.165) is 5.56 Å². The zero-order valence-corrected chi connectivity index (χ0v) is 9.79. The minimum atomic E-state index is -1.21. The predicted molar refractivity (Wildman–Crippen MR) is 62.7 cm³/mol. The Bertz CT molecular complexity index is 430. The number of carbonyl (C=O) groups excluding carboxylic acids is 1. The van der Waals surface area contributed by atoms with Crippen molar-refractivity contribution in [1.29, 1.82) is 0 Å². The summed E-state index contributed by atoms with van der Waals surface area (Å²) in [6.07, 6.45) is -1.21. The zero-order valence-electron chi connectivity index (χ0n) is 8.22. The van der Waals surface area contributed by atoms with Crippen molar-refractivity contribution in [2.45, 2.75) is 12.0 Å². The van der Waals surface area contributed by atoms with E-state index >= 15 is 0 Å². The summed E-state index contributed by atoms with van der Waals surface area (Å²) in [7, 11) is 0. The number of halogens is 1. The molecule has 1 heterocycles. The Morgan fingerprint density at radius 2 is 2.06 bits per heavy atom. The quantitative estimate of drug-likeness (QED) is 0.843. The second-order valence-corrected chi connectivity index (χ2v) is 4.61. The molecule has 1 atom stereocenters. The average Bonchev–Trinajstić information content (AvgIpc) is 2.53. The Hall–Kier alpha value is -0.970. The van der Waals surface area contributed by atoms with Crippen LogP contribution in [-0.2, 0) is 15.3 Å². The monoisotopic (exact) mass is 256 g/mol. The van der Waals surface area contributed by atoms with Crippen LogP contribution >= 0.6 is 23.4 Å². The first-order chi connectivity index (χ1) is 7.68. The second-order valence-electron chi connectivity index (χ2n) is 3.21. The highest BCUT2D eigenvalue weighted by Crippen LogP contribution is 2.34. The Morgan fingerprint density at radius 1 is 1.38 bits per heavy atom. The molecule has 0 aliphatic carbocycles. The topological polar surface area (TPSA) is 46.5 Å². The molecule has 84 valence electrons. The number of carbonyl (C=O) groups is 1. The first kappa shape index (κ1) is 11.5. The van der Waals surface area contributed by atoms with Crippen molar-refractivity contribution in [3.8, 4) is 0 Å². The standard InChI is InChI=1S/C11H9ClO3S/c12-8-9(11(14)15-10(8)13)16-6-7-4-2-1-3-5-7/h1-5,11,14H,6H2/t11-/m0/s1. The maximum absolute atomic E-state index is 11.0. The van der Waals surface area contributed by atoms with Crippen LogP contribution in [0.25, 0.3) is 0 Å².